The van der Waals surface area contributed by atoms with E-state index in [1.807, 2.05) is 55.5 Å². The number of nitrogens with zero attached hydrogens (tertiary/aromatic N) is 1. The van der Waals surface area contributed by atoms with Crippen molar-refractivity contribution in [3.63, 3.8) is 0 Å². The summed E-state index contributed by atoms with van der Waals surface area (Å²) in [4.78, 5) is 16.0. The van der Waals surface area contributed by atoms with Crippen LogP contribution in [0.3, 0.4) is 0 Å². The number of pyridine rings is 1. The van der Waals surface area contributed by atoms with Gasteiger partial charge in [0.15, 0.2) is 0 Å². The van der Waals surface area contributed by atoms with Crippen LogP contribution in [0, 0.1) is 0 Å². The van der Waals surface area contributed by atoms with E-state index in [9.17, 15) is 9.90 Å². The summed E-state index contributed by atoms with van der Waals surface area (Å²) in [7, 11) is 0. The van der Waals surface area contributed by atoms with Crippen molar-refractivity contribution in [1.29, 1.82) is 0 Å². The van der Waals surface area contributed by atoms with E-state index in [1.54, 1.807) is 18.2 Å². The first-order valence-corrected chi connectivity index (χ1v) is 7.72. The lowest BCUT2D eigenvalue weighted by molar-refractivity contribution is 0.0699. The fourth-order valence-electron chi connectivity index (χ4n) is 2.54. The largest absolute Gasteiger partial charge is 0.493 e. The zero-order valence-corrected chi connectivity index (χ0v) is 13.3. The summed E-state index contributed by atoms with van der Waals surface area (Å²) in [6, 6.07) is 16.5. The minimum Gasteiger partial charge on any atom is -0.493 e. The molecule has 24 heavy (non-hydrogen) atoms. The summed E-state index contributed by atoms with van der Waals surface area (Å²) in [6.07, 6.45) is 3.68. The molecule has 0 radical (unpaired) electrons. The highest BCUT2D eigenvalue weighted by atomic mass is 16.5. The Morgan fingerprint density at radius 1 is 1.12 bits per heavy atom. The van der Waals surface area contributed by atoms with Crippen molar-refractivity contribution in [2.75, 3.05) is 6.61 Å². The Balaban J connectivity index is 2.03. The molecule has 120 valence electrons. The lowest BCUT2D eigenvalue weighted by atomic mass is 10.1. The molecule has 0 spiro atoms. The van der Waals surface area contributed by atoms with E-state index in [0.717, 1.165) is 11.3 Å². The minimum absolute atomic E-state index is 0.248. The van der Waals surface area contributed by atoms with Crippen LogP contribution in [0.2, 0.25) is 0 Å². The molecule has 0 fully saturated rings. The number of para-hydroxylation sites is 2. The van der Waals surface area contributed by atoms with Crippen molar-refractivity contribution in [1.82, 2.24) is 4.98 Å². The van der Waals surface area contributed by atoms with Gasteiger partial charge in [-0.1, -0.05) is 36.4 Å². The van der Waals surface area contributed by atoms with Gasteiger partial charge < -0.3 is 9.84 Å². The monoisotopic (exact) mass is 319 g/mol. The van der Waals surface area contributed by atoms with E-state index < -0.39 is 5.97 Å². The zero-order chi connectivity index (χ0) is 16.9. The van der Waals surface area contributed by atoms with Crippen molar-refractivity contribution in [2.45, 2.75) is 6.92 Å². The Morgan fingerprint density at radius 3 is 2.67 bits per heavy atom. The van der Waals surface area contributed by atoms with E-state index >= 15 is 0 Å². The van der Waals surface area contributed by atoms with Crippen molar-refractivity contribution in [3.05, 3.63) is 71.4 Å². The molecular formula is C20H17NO3. The van der Waals surface area contributed by atoms with Gasteiger partial charge >= 0.3 is 5.97 Å². The molecule has 0 saturated heterocycles. The molecule has 1 heterocycles. The van der Waals surface area contributed by atoms with Crippen LogP contribution in [0.4, 0.5) is 0 Å². The molecule has 0 amide bonds. The molecule has 0 atom stereocenters. The van der Waals surface area contributed by atoms with Gasteiger partial charge in [-0.05, 0) is 37.3 Å². The second-order valence-corrected chi connectivity index (χ2v) is 5.22. The zero-order valence-electron chi connectivity index (χ0n) is 13.3. The lowest BCUT2D eigenvalue weighted by Gasteiger charge is -2.07. The van der Waals surface area contributed by atoms with Crippen LogP contribution < -0.4 is 4.74 Å². The molecule has 4 nitrogen and oxygen atoms in total. The van der Waals surface area contributed by atoms with Crippen LogP contribution in [-0.4, -0.2) is 22.7 Å². The van der Waals surface area contributed by atoms with Gasteiger partial charge in [0.2, 0.25) is 0 Å². The topological polar surface area (TPSA) is 59.4 Å². The van der Waals surface area contributed by atoms with Gasteiger partial charge in [-0.25, -0.2) is 9.78 Å². The second-order valence-electron chi connectivity index (χ2n) is 5.22. The summed E-state index contributed by atoms with van der Waals surface area (Å²) in [5.41, 5.74) is 2.43. The molecule has 2 aromatic carbocycles. The highest BCUT2D eigenvalue weighted by Gasteiger charge is 2.10. The van der Waals surface area contributed by atoms with Crippen LogP contribution >= 0.6 is 0 Å². The van der Waals surface area contributed by atoms with Crippen molar-refractivity contribution >= 4 is 29.0 Å². The molecular weight excluding hydrogens is 302 g/mol. The molecule has 3 aromatic rings. The molecule has 3 rings (SSSR count). The summed E-state index contributed by atoms with van der Waals surface area (Å²) in [5, 5.41) is 10.1. The highest BCUT2D eigenvalue weighted by molar-refractivity contribution is 6.03. The van der Waals surface area contributed by atoms with E-state index in [2.05, 4.69) is 4.98 Å². The number of carbonyl (C=O) groups is 1. The smallest absolute Gasteiger partial charge is 0.336 e. The number of aromatic carboxylic acids is 1. The van der Waals surface area contributed by atoms with Gasteiger partial charge in [0.25, 0.3) is 0 Å². The summed E-state index contributed by atoms with van der Waals surface area (Å²) in [5.74, 6) is -0.173. The SMILES string of the molecule is CCOc1ccccc1/C=C/c1cc(C(=O)O)c2ccccc2n1. The number of rotatable bonds is 5. The normalized spacial score (nSPS) is 11.0. The number of benzene rings is 2. The Labute approximate surface area is 140 Å². The van der Waals surface area contributed by atoms with Gasteiger partial charge in [0.1, 0.15) is 5.75 Å². The predicted octanol–water partition coefficient (Wildman–Crippen LogP) is 4.50. The summed E-state index contributed by atoms with van der Waals surface area (Å²) in [6.45, 7) is 2.52. The third kappa shape index (κ3) is 3.27. The first-order chi connectivity index (χ1) is 11.7. The number of ether oxygens (including phenoxy) is 1. The van der Waals surface area contributed by atoms with Gasteiger partial charge in [0.05, 0.1) is 23.4 Å². The first kappa shape index (κ1) is 15.7. The van der Waals surface area contributed by atoms with E-state index in [1.165, 1.54) is 0 Å². The Morgan fingerprint density at radius 2 is 1.88 bits per heavy atom. The maximum absolute atomic E-state index is 11.5. The number of carboxylic acid groups (broad SMARTS) is 1. The number of fused-ring (bicyclic) bond motifs is 1. The maximum atomic E-state index is 11.5. The molecule has 1 N–H and O–H groups in total. The average molecular weight is 319 g/mol. The minimum atomic E-state index is -0.960. The summed E-state index contributed by atoms with van der Waals surface area (Å²) < 4.78 is 5.59. The number of hydrogen-bond acceptors (Lipinski definition) is 3. The molecule has 0 aliphatic heterocycles. The number of hydrogen-bond donors (Lipinski definition) is 1. The Hall–Kier alpha value is -3.14. The van der Waals surface area contributed by atoms with Gasteiger partial charge in [-0.3, -0.25) is 0 Å². The fourth-order valence-corrected chi connectivity index (χ4v) is 2.54. The van der Waals surface area contributed by atoms with E-state index in [-0.39, 0.29) is 5.56 Å². The number of aromatic nitrogens is 1. The molecule has 1 aromatic heterocycles. The Kier molecular flexibility index (Phi) is 4.57. The second kappa shape index (κ2) is 6.96. The highest BCUT2D eigenvalue weighted by Crippen LogP contribution is 2.22. The third-order valence-electron chi connectivity index (χ3n) is 3.62. The quantitative estimate of drug-likeness (QED) is 0.752. The maximum Gasteiger partial charge on any atom is 0.336 e. The van der Waals surface area contributed by atoms with Gasteiger partial charge in [-0.15, -0.1) is 0 Å². The van der Waals surface area contributed by atoms with Crippen molar-refractivity contribution < 1.29 is 14.6 Å². The first-order valence-electron chi connectivity index (χ1n) is 7.72. The van der Waals surface area contributed by atoms with Crippen molar-refractivity contribution in [3.8, 4) is 5.75 Å². The van der Waals surface area contributed by atoms with E-state index in [4.69, 9.17) is 4.74 Å². The molecule has 0 aliphatic rings. The molecule has 4 heteroatoms. The van der Waals surface area contributed by atoms with Gasteiger partial charge in [0, 0.05) is 10.9 Å². The molecule has 0 bridgehead atoms. The number of carboxylic acids is 1. The van der Waals surface area contributed by atoms with Crippen molar-refractivity contribution in [2.24, 2.45) is 0 Å². The van der Waals surface area contributed by atoms with E-state index in [0.29, 0.717) is 23.2 Å². The van der Waals surface area contributed by atoms with Crippen LogP contribution in [0.15, 0.2) is 54.6 Å². The molecule has 0 unspecified atom stereocenters. The van der Waals surface area contributed by atoms with Crippen LogP contribution in [0.1, 0.15) is 28.5 Å². The lowest BCUT2D eigenvalue weighted by Crippen LogP contribution is -2.00. The standard InChI is InChI=1S/C20H17NO3/c1-2-24-19-10-6-3-7-14(19)11-12-15-13-17(20(22)23)16-8-4-5-9-18(16)21-15/h3-13H,2H2,1H3,(H,22,23)/b12-11+. The average Bonchev–Trinajstić information content (AvgIpc) is 2.60. The molecule has 0 aliphatic carbocycles. The van der Waals surface area contributed by atoms with Crippen LogP contribution in [0.5, 0.6) is 5.75 Å². The third-order valence-corrected chi connectivity index (χ3v) is 3.62. The fraction of sp³-hybridized carbons (Fsp3) is 0.100. The van der Waals surface area contributed by atoms with Crippen LogP contribution in [0.25, 0.3) is 23.1 Å². The predicted molar refractivity (Wildman–Crippen MR) is 95.2 cm³/mol. The molecule has 0 saturated carbocycles. The van der Waals surface area contributed by atoms with Crippen LogP contribution in [-0.2, 0) is 0 Å². The summed E-state index contributed by atoms with van der Waals surface area (Å²) >= 11 is 0. The Bertz CT molecular complexity index is 916. The van der Waals surface area contributed by atoms with Gasteiger partial charge in [-0.2, -0.15) is 0 Å².